The molecule has 1 N–H and O–H groups in total. The van der Waals surface area contributed by atoms with Gasteiger partial charge in [0, 0.05) is 35.8 Å². The Morgan fingerprint density at radius 1 is 1.35 bits per heavy atom. The number of nitro benzene ring substituents is 1. The van der Waals surface area contributed by atoms with Gasteiger partial charge >= 0.3 is 0 Å². The minimum atomic E-state index is -0.356. The van der Waals surface area contributed by atoms with Crippen LogP contribution in [0.3, 0.4) is 0 Å². The van der Waals surface area contributed by atoms with Crippen molar-refractivity contribution in [1.29, 1.82) is 0 Å². The maximum absolute atomic E-state index is 10.8. The zero-order valence-corrected chi connectivity index (χ0v) is 11.8. The minimum absolute atomic E-state index is 0.157. The van der Waals surface area contributed by atoms with Gasteiger partial charge in [0.2, 0.25) is 0 Å². The van der Waals surface area contributed by atoms with Crippen LogP contribution in [0.4, 0.5) is 11.4 Å². The van der Waals surface area contributed by atoms with E-state index in [-0.39, 0.29) is 10.6 Å². The van der Waals surface area contributed by atoms with Crippen molar-refractivity contribution in [2.75, 3.05) is 5.32 Å². The molecule has 0 aliphatic rings. The smallest absolute Gasteiger partial charge is 0.272 e. The third-order valence-electron chi connectivity index (χ3n) is 3.26. The molecule has 0 saturated carbocycles. The lowest BCUT2D eigenvalue weighted by molar-refractivity contribution is -0.385. The van der Waals surface area contributed by atoms with Crippen LogP contribution >= 0.6 is 0 Å². The van der Waals surface area contributed by atoms with Crippen molar-refractivity contribution >= 4 is 11.4 Å². The first kappa shape index (κ1) is 14.1. The Morgan fingerprint density at radius 3 is 2.80 bits per heavy atom. The number of aromatic nitrogens is 1. The molecular weight excluding hydrogens is 254 g/mol. The van der Waals surface area contributed by atoms with Gasteiger partial charge in [0.15, 0.2) is 0 Å². The Morgan fingerprint density at radius 2 is 2.15 bits per heavy atom. The maximum Gasteiger partial charge on any atom is 0.272 e. The van der Waals surface area contributed by atoms with Crippen LogP contribution in [0.1, 0.15) is 24.6 Å². The van der Waals surface area contributed by atoms with E-state index in [1.165, 1.54) is 5.69 Å². The van der Waals surface area contributed by atoms with E-state index in [0.29, 0.717) is 12.1 Å². The first-order chi connectivity index (χ1) is 9.61. The molecule has 1 heterocycles. The molecule has 20 heavy (non-hydrogen) atoms. The summed E-state index contributed by atoms with van der Waals surface area (Å²) in [5.41, 5.74) is 2.94. The zero-order valence-electron chi connectivity index (χ0n) is 11.8. The van der Waals surface area contributed by atoms with Crippen molar-refractivity contribution in [2.24, 2.45) is 0 Å². The maximum atomic E-state index is 10.8. The number of aryl methyl sites for hydroxylation is 2. The van der Waals surface area contributed by atoms with E-state index in [1.807, 2.05) is 12.1 Å². The quantitative estimate of drug-likeness (QED) is 0.644. The predicted molar refractivity (Wildman–Crippen MR) is 79.9 cm³/mol. The van der Waals surface area contributed by atoms with Gasteiger partial charge in [0.25, 0.3) is 5.69 Å². The average molecular weight is 273 g/mol. The lowest BCUT2D eigenvalue weighted by Crippen LogP contribution is -2.07. The van der Waals surface area contributed by atoms with E-state index in [4.69, 9.17) is 0 Å². The molecule has 0 atom stereocenters. The first-order valence-corrected chi connectivity index (χ1v) is 6.74. The molecule has 2 aromatic rings. The highest BCUT2D eigenvalue weighted by molar-refractivity contribution is 5.53. The Hall–Kier alpha value is -2.30. The van der Waals surface area contributed by atoms with Crippen LogP contribution in [0.5, 0.6) is 0 Å². The summed E-state index contributed by atoms with van der Waals surface area (Å²) in [5.74, 6) is 0. The molecule has 2 rings (SSSR count). The molecule has 1 aromatic carbocycles. The van der Waals surface area contributed by atoms with Crippen molar-refractivity contribution in [3.8, 4) is 0 Å². The molecule has 0 unspecified atom stereocenters. The van der Waals surface area contributed by atoms with Crippen molar-refractivity contribution in [3.05, 3.63) is 57.9 Å². The topological polar surface area (TPSA) is 60.1 Å². The number of rotatable bonds is 6. The fraction of sp³-hybridized carbons (Fsp3) is 0.333. The molecule has 0 radical (unpaired) electrons. The summed E-state index contributed by atoms with van der Waals surface area (Å²) in [7, 11) is 0. The summed E-state index contributed by atoms with van der Waals surface area (Å²) in [6.45, 7) is 5.62. The van der Waals surface area contributed by atoms with E-state index >= 15 is 0 Å². The molecule has 0 bridgehead atoms. The third-order valence-corrected chi connectivity index (χ3v) is 3.26. The largest absolute Gasteiger partial charge is 0.379 e. The van der Waals surface area contributed by atoms with Gasteiger partial charge in [-0.05, 0) is 37.6 Å². The van der Waals surface area contributed by atoms with Gasteiger partial charge in [-0.3, -0.25) is 10.1 Å². The molecule has 0 amide bonds. The van der Waals surface area contributed by atoms with E-state index in [1.54, 1.807) is 19.1 Å². The highest BCUT2D eigenvalue weighted by Crippen LogP contribution is 2.22. The SMILES string of the molecule is CCCn1cccc1CNc1ccc([N+](=O)[O-])c(C)c1. The highest BCUT2D eigenvalue weighted by Gasteiger charge is 2.10. The minimum Gasteiger partial charge on any atom is -0.379 e. The molecule has 0 saturated heterocycles. The van der Waals surface area contributed by atoms with Crippen molar-refractivity contribution in [3.63, 3.8) is 0 Å². The third kappa shape index (κ3) is 3.17. The van der Waals surface area contributed by atoms with Crippen LogP contribution < -0.4 is 5.32 Å². The van der Waals surface area contributed by atoms with E-state index in [9.17, 15) is 10.1 Å². The van der Waals surface area contributed by atoms with Gasteiger partial charge in [-0.1, -0.05) is 6.92 Å². The number of nitrogens with zero attached hydrogens (tertiary/aromatic N) is 2. The number of nitro groups is 1. The molecule has 5 nitrogen and oxygen atoms in total. The standard InChI is InChI=1S/C15H19N3O2/c1-3-8-17-9-4-5-14(17)11-16-13-6-7-15(18(19)20)12(2)10-13/h4-7,9-10,16H,3,8,11H2,1-2H3. The molecule has 0 spiro atoms. The van der Waals surface area contributed by atoms with Gasteiger partial charge in [0.05, 0.1) is 11.5 Å². The zero-order chi connectivity index (χ0) is 14.5. The van der Waals surface area contributed by atoms with E-state index < -0.39 is 0 Å². The van der Waals surface area contributed by atoms with Crippen LogP contribution in [0.2, 0.25) is 0 Å². The molecule has 0 fully saturated rings. The summed E-state index contributed by atoms with van der Waals surface area (Å²) >= 11 is 0. The molecule has 1 aromatic heterocycles. The van der Waals surface area contributed by atoms with Gasteiger partial charge in [-0.15, -0.1) is 0 Å². The Kier molecular flexibility index (Phi) is 4.40. The lowest BCUT2D eigenvalue weighted by Gasteiger charge is -2.10. The summed E-state index contributed by atoms with van der Waals surface area (Å²) in [5, 5.41) is 14.1. The summed E-state index contributed by atoms with van der Waals surface area (Å²) in [6.07, 6.45) is 3.17. The van der Waals surface area contributed by atoms with Crippen LogP contribution in [-0.4, -0.2) is 9.49 Å². The summed E-state index contributed by atoms with van der Waals surface area (Å²) in [6, 6.07) is 9.22. The van der Waals surface area contributed by atoms with E-state index in [0.717, 1.165) is 18.7 Å². The fourth-order valence-electron chi connectivity index (χ4n) is 2.23. The van der Waals surface area contributed by atoms with Gasteiger partial charge in [0.1, 0.15) is 0 Å². The second-order valence-corrected chi connectivity index (χ2v) is 4.80. The van der Waals surface area contributed by atoms with Gasteiger partial charge < -0.3 is 9.88 Å². The Balaban J connectivity index is 2.05. The number of hydrogen-bond donors (Lipinski definition) is 1. The first-order valence-electron chi connectivity index (χ1n) is 6.74. The van der Waals surface area contributed by atoms with Crippen molar-refractivity contribution < 1.29 is 4.92 Å². The van der Waals surface area contributed by atoms with Crippen LogP contribution in [0, 0.1) is 17.0 Å². The van der Waals surface area contributed by atoms with Gasteiger partial charge in [-0.2, -0.15) is 0 Å². The Labute approximate surface area is 118 Å². The number of hydrogen-bond acceptors (Lipinski definition) is 3. The second-order valence-electron chi connectivity index (χ2n) is 4.80. The van der Waals surface area contributed by atoms with Crippen molar-refractivity contribution in [2.45, 2.75) is 33.4 Å². The van der Waals surface area contributed by atoms with Crippen molar-refractivity contribution in [1.82, 2.24) is 4.57 Å². The van der Waals surface area contributed by atoms with Crippen LogP contribution in [0.15, 0.2) is 36.5 Å². The Bertz CT molecular complexity index is 605. The van der Waals surface area contributed by atoms with Gasteiger partial charge in [-0.25, -0.2) is 0 Å². The number of benzene rings is 1. The molecular formula is C15H19N3O2. The fourth-order valence-corrected chi connectivity index (χ4v) is 2.23. The molecule has 0 aliphatic heterocycles. The molecule has 5 heteroatoms. The normalized spacial score (nSPS) is 10.5. The number of anilines is 1. The molecule has 106 valence electrons. The monoisotopic (exact) mass is 273 g/mol. The molecule has 0 aliphatic carbocycles. The summed E-state index contributed by atoms with van der Waals surface area (Å²) in [4.78, 5) is 10.4. The predicted octanol–water partition coefficient (Wildman–Crippen LogP) is 3.73. The summed E-state index contributed by atoms with van der Waals surface area (Å²) < 4.78 is 2.21. The van der Waals surface area contributed by atoms with E-state index in [2.05, 4.69) is 29.1 Å². The number of nitrogens with one attached hydrogen (secondary N) is 1. The second kappa shape index (κ2) is 6.23. The highest BCUT2D eigenvalue weighted by atomic mass is 16.6. The lowest BCUT2D eigenvalue weighted by atomic mass is 10.2. The van der Waals surface area contributed by atoms with Crippen LogP contribution in [0.25, 0.3) is 0 Å². The average Bonchev–Trinajstić information content (AvgIpc) is 2.84. The van der Waals surface area contributed by atoms with Crippen LogP contribution in [-0.2, 0) is 13.1 Å².